The van der Waals surface area contributed by atoms with E-state index in [1.165, 1.54) is 48.5 Å². The normalized spacial score (nSPS) is 11.8. The lowest BCUT2D eigenvalue weighted by Gasteiger charge is -2.19. The van der Waals surface area contributed by atoms with Crippen LogP contribution in [0.4, 0.5) is 5.69 Å². The van der Waals surface area contributed by atoms with Crippen molar-refractivity contribution >= 4 is 35.1 Å². The zero-order chi connectivity index (χ0) is 24.2. The predicted molar refractivity (Wildman–Crippen MR) is 121 cm³/mol. The van der Waals surface area contributed by atoms with E-state index in [-0.39, 0.29) is 40.2 Å². The molecule has 0 saturated carbocycles. The van der Waals surface area contributed by atoms with Crippen molar-refractivity contribution in [1.29, 1.82) is 0 Å². The smallest absolute Gasteiger partial charge is 0.339 e. The van der Waals surface area contributed by atoms with E-state index in [0.717, 1.165) is 0 Å². The Balaban J connectivity index is 1.44. The molecule has 8 heteroatoms. The lowest BCUT2D eigenvalue weighted by molar-refractivity contribution is -0.119. The van der Waals surface area contributed by atoms with Crippen molar-refractivity contribution in [2.45, 2.75) is 6.92 Å². The molecule has 3 aromatic rings. The molecule has 0 atom stereocenters. The van der Waals surface area contributed by atoms with E-state index in [0.29, 0.717) is 11.3 Å². The third-order valence-corrected chi connectivity index (χ3v) is 5.19. The number of ketones is 2. The minimum atomic E-state index is -0.898. The van der Waals surface area contributed by atoms with Gasteiger partial charge in [-0.3, -0.25) is 14.4 Å². The van der Waals surface area contributed by atoms with Gasteiger partial charge in [-0.05, 0) is 37.3 Å². The minimum Gasteiger partial charge on any atom is -0.462 e. The Morgan fingerprint density at radius 2 is 1.38 bits per heavy atom. The van der Waals surface area contributed by atoms with E-state index in [1.807, 2.05) is 0 Å². The molecule has 0 aromatic heterocycles. The number of fused-ring (bicyclic) bond motifs is 2. The summed E-state index contributed by atoms with van der Waals surface area (Å²) in [5.74, 6) is -2.80. The van der Waals surface area contributed by atoms with Crippen LogP contribution in [0.15, 0.2) is 66.7 Å². The minimum absolute atomic E-state index is 0.0360. The van der Waals surface area contributed by atoms with Gasteiger partial charge in [-0.15, -0.1) is 0 Å². The molecule has 3 aromatic carbocycles. The van der Waals surface area contributed by atoms with Crippen LogP contribution in [0.1, 0.15) is 59.5 Å². The molecule has 0 radical (unpaired) electrons. The van der Waals surface area contributed by atoms with Crippen LogP contribution in [0.5, 0.6) is 0 Å². The highest BCUT2D eigenvalue weighted by atomic mass is 16.5. The molecule has 170 valence electrons. The van der Waals surface area contributed by atoms with Gasteiger partial charge in [0.25, 0.3) is 5.91 Å². The Morgan fingerprint density at radius 3 is 2.06 bits per heavy atom. The second-order valence-corrected chi connectivity index (χ2v) is 7.35. The number of nitrogens with one attached hydrogen (secondary N) is 1. The van der Waals surface area contributed by atoms with Crippen LogP contribution in [0.3, 0.4) is 0 Å². The van der Waals surface area contributed by atoms with Crippen molar-refractivity contribution in [3.8, 4) is 0 Å². The molecule has 0 unspecified atom stereocenters. The number of anilines is 1. The Bertz CT molecular complexity index is 1330. The van der Waals surface area contributed by atoms with Crippen LogP contribution >= 0.6 is 0 Å². The van der Waals surface area contributed by atoms with Gasteiger partial charge >= 0.3 is 11.9 Å². The summed E-state index contributed by atoms with van der Waals surface area (Å²) in [6.45, 7) is 1.34. The average Bonchev–Trinajstić information content (AvgIpc) is 2.86. The molecular weight excluding hydrogens is 438 g/mol. The van der Waals surface area contributed by atoms with Crippen molar-refractivity contribution in [3.63, 3.8) is 0 Å². The van der Waals surface area contributed by atoms with Gasteiger partial charge in [-0.25, -0.2) is 9.59 Å². The van der Waals surface area contributed by atoms with E-state index in [2.05, 4.69) is 5.32 Å². The van der Waals surface area contributed by atoms with Crippen LogP contribution in [-0.4, -0.2) is 42.6 Å². The third-order valence-electron chi connectivity index (χ3n) is 5.19. The average molecular weight is 457 g/mol. The SMILES string of the molecule is CCOC(=O)c1ccc(NC(=O)COC(=O)c2cccc3c2C(=O)c2ccccc2C3=O)cc1. The number of esters is 2. The fourth-order valence-electron chi connectivity index (χ4n) is 3.63. The van der Waals surface area contributed by atoms with Crippen molar-refractivity contribution in [3.05, 3.63) is 100 Å². The number of amides is 1. The second-order valence-electron chi connectivity index (χ2n) is 7.35. The zero-order valence-corrected chi connectivity index (χ0v) is 18.1. The van der Waals surface area contributed by atoms with E-state index < -0.39 is 30.2 Å². The van der Waals surface area contributed by atoms with E-state index in [9.17, 15) is 24.0 Å². The van der Waals surface area contributed by atoms with Gasteiger partial charge in [0.15, 0.2) is 18.2 Å². The van der Waals surface area contributed by atoms with E-state index in [1.54, 1.807) is 25.1 Å². The molecular formula is C26H19NO7. The first-order valence-corrected chi connectivity index (χ1v) is 10.5. The largest absolute Gasteiger partial charge is 0.462 e. The summed E-state index contributed by atoms with van der Waals surface area (Å²) >= 11 is 0. The predicted octanol–water partition coefficient (Wildman–Crippen LogP) is 3.43. The summed E-state index contributed by atoms with van der Waals surface area (Å²) in [4.78, 5) is 62.4. The first-order valence-electron chi connectivity index (χ1n) is 10.5. The number of benzene rings is 3. The number of rotatable bonds is 6. The fraction of sp³-hybridized carbons (Fsp3) is 0.115. The topological polar surface area (TPSA) is 116 Å². The number of hydrogen-bond donors (Lipinski definition) is 1. The van der Waals surface area contributed by atoms with Crippen LogP contribution in [0, 0.1) is 0 Å². The van der Waals surface area contributed by atoms with Gasteiger partial charge in [0.05, 0.1) is 17.7 Å². The molecule has 1 amide bonds. The highest BCUT2D eigenvalue weighted by Gasteiger charge is 2.33. The zero-order valence-electron chi connectivity index (χ0n) is 18.1. The summed E-state index contributed by atoms with van der Waals surface area (Å²) < 4.78 is 10.0. The van der Waals surface area contributed by atoms with E-state index in [4.69, 9.17) is 9.47 Å². The molecule has 0 spiro atoms. The first kappa shape index (κ1) is 22.6. The highest BCUT2D eigenvalue weighted by molar-refractivity contribution is 6.30. The number of carbonyl (C=O) groups is 5. The number of hydrogen-bond acceptors (Lipinski definition) is 7. The molecule has 1 N–H and O–H groups in total. The maximum absolute atomic E-state index is 13.0. The summed E-state index contributed by atoms with van der Waals surface area (Å²) in [5, 5.41) is 2.55. The van der Waals surface area contributed by atoms with Gasteiger partial charge in [0.2, 0.25) is 0 Å². The molecule has 0 aliphatic heterocycles. The summed E-state index contributed by atoms with van der Waals surface area (Å²) in [6, 6.07) is 16.8. The van der Waals surface area contributed by atoms with Gasteiger partial charge in [-0.2, -0.15) is 0 Å². The van der Waals surface area contributed by atoms with Crippen LogP contribution < -0.4 is 5.32 Å². The van der Waals surface area contributed by atoms with Gasteiger partial charge in [-0.1, -0.05) is 36.4 Å². The molecule has 0 fully saturated rings. The van der Waals surface area contributed by atoms with Crippen molar-refractivity contribution < 1.29 is 33.4 Å². The van der Waals surface area contributed by atoms with Crippen molar-refractivity contribution in [2.24, 2.45) is 0 Å². The van der Waals surface area contributed by atoms with Gasteiger partial charge in [0.1, 0.15) is 0 Å². The second kappa shape index (κ2) is 9.50. The molecule has 0 heterocycles. The summed E-state index contributed by atoms with van der Waals surface area (Å²) in [5.41, 5.74) is 1.21. The monoisotopic (exact) mass is 457 g/mol. The Kier molecular flexibility index (Phi) is 6.31. The highest BCUT2D eigenvalue weighted by Crippen LogP contribution is 2.29. The Morgan fingerprint density at radius 1 is 0.735 bits per heavy atom. The lowest BCUT2D eigenvalue weighted by atomic mass is 9.82. The van der Waals surface area contributed by atoms with Crippen molar-refractivity contribution in [1.82, 2.24) is 0 Å². The molecule has 4 rings (SSSR count). The molecule has 8 nitrogen and oxygen atoms in total. The van der Waals surface area contributed by atoms with E-state index >= 15 is 0 Å². The maximum atomic E-state index is 13.0. The van der Waals surface area contributed by atoms with Crippen LogP contribution in [-0.2, 0) is 14.3 Å². The molecule has 1 aliphatic rings. The molecule has 0 saturated heterocycles. The van der Waals surface area contributed by atoms with Crippen molar-refractivity contribution in [2.75, 3.05) is 18.5 Å². The summed E-state index contributed by atoms with van der Waals surface area (Å²) in [6.07, 6.45) is 0. The first-order chi connectivity index (χ1) is 16.4. The number of carbonyl (C=O) groups excluding carboxylic acids is 5. The summed E-state index contributed by atoms with van der Waals surface area (Å²) in [7, 11) is 0. The molecule has 1 aliphatic carbocycles. The lowest BCUT2D eigenvalue weighted by Crippen LogP contribution is -2.26. The Labute approximate surface area is 194 Å². The Hall–Kier alpha value is -4.59. The van der Waals surface area contributed by atoms with Crippen LogP contribution in [0.25, 0.3) is 0 Å². The van der Waals surface area contributed by atoms with Gasteiger partial charge < -0.3 is 14.8 Å². The maximum Gasteiger partial charge on any atom is 0.339 e. The molecule has 0 bridgehead atoms. The molecule has 34 heavy (non-hydrogen) atoms. The standard InChI is InChI=1S/C26H19NO7/c1-2-33-25(31)15-10-12-16(13-11-15)27-21(28)14-34-26(32)20-9-5-8-19-22(20)24(30)18-7-4-3-6-17(18)23(19)29/h3-13H,2,14H2,1H3,(H,27,28). The van der Waals surface area contributed by atoms with Gasteiger partial charge in [0, 0.05) is 27.9 Å². The fourth-order valence-corrected chi connectivity index (χ4v) is 3.63. The number of ether oxygens (including phenoxy) is 2. The quantitative estimate of drug-likeness (QED) is 0.441. The third kappa shape index (κ3) is 4.33. The van der Waals surface area contributed by atoms with Crippen LogP contribution in [0.2, 0.25) is 0 Å².